The quantitative estimate of drug-likeness (QED) is 0.731. The van der Waals surface area contributed by atoms with Gasteiger partial charge in [-0.2, -0.15) is 5.10 Å². The van der Waals surface area contributed by atoms with Gasteiger partial charge in [-0.25, -0.2) is 8.42 Å². The minimum Gasteiger partial charge on any atom is -0.364 e. The third-order valence-electron chi connectivity index (χ3n) is 3.70. The lowest BCUT2D eigenvalue weighted by Gasteiger charge is -2.06. The molecule has 0 aliphatic carbocycles. The summed E-state index contributed by atoms with van der Waals surface area (Å²) in [5, 5.41) is 7.41. The van der Waals surface area contributed by atoms with Crippen LogP contribution in [0.5, 0.6) is 0 Å². The molecule has 1 heterocycles. The number of amides is 1. The number of nitrogens with one attached hydrogen (secondary N) is 1. The van der Waals surface area contributed by atoms with Crippen LogP contribution >= 0.6 is 11.6 Å². The highest BCUT2D eigenvalue weighted by atomic mass is 35.5. The summed E-state index contributed by atoms with van der Waals surface area (Å²) in [6.45, 7) is 0. The Morgan fingerprint density at radius 2 is 1.60 bits per heavy atom. The van der Waals surface area contributed by atoms with Crippen LogP contribution in [-0.4, -0.2) is 30.8 Å². The molecule has 1 amide bonds. The van der Waals surface area contributed by atoms with E-state index < -0.39 is 15.7 Å². The van der Waals surface area contributed by atoms with E-state index in [9.17, 15) is 13.2 Å². The van der Waals surface area contributed by atoms with Crippen molar-refractivity contribution >= 4 is 27.3 Å². The van der Waals surface area contributed by atoms with Crippen molar-refractivity contribution in [2.45, 2.75) is 4.90 Å². The normalized spacial score (nSPS) is 11.4. The average molecular weight is 376 g/mol. The van der Waals surface area contributed by atoms with Crippen LogP contribution in [0, 0.1) is 0 Å². The van der Waals surface area contributed by atoms with Gasteiger partial charge in [0.2, 0.25) is 0 Å². The van der Waals surface area contributed by atoms with Crippen molar-refractivity contribution in [1.29, 1.82) is 0 Å². The number of halogens is 1. The minimum absolute atomic E-state index is 0.171. The standard InChI is InChI=1S/C17H14ClN3O3S/c1-25(23,24)13-8-4-11(5-9-13)15-14(16(17(19)22)21-20-15)10-2-6-12(18)7-3-10/h2-9H,1H3,(H2,19,22)(H,20,21). The van der Waals surface area contributed by atoms with Gasteiger partial charge in [0.15, 0.2) is 9.84 Å². The van der Waals surface area contributed by atoms with Gasteiger partial charge in [0.05, 0.1) is 4.90 Å². The summed E-state index contributed by atoms with van der Waals surface area (Å²) in [4.78, 5) is 11.9. The molecule has 3 rings (SSSR count). The lowest BCUT2D eigenvalue weighted by atomic mass is 9.99. The Labute approximate surface area is 149 Å². The smallest absolute Gasteiger partial charge is 0.267 e. The number of carbonyl (C=O) groups excluding carboxylic acids is 1. The molecule has 0 saturated heterocycles. The number of carbonyl (C=O) groups is 1. The predicted octanol–water partition coefficient (Wildman–Crippen LogP) is 2.90. The average Bonchev–Trinajstić information content (AvgIpc) is 3.00. The molecule has 128 valence electrons. The van der Waals surface area contributed by atoms with Crippen molar-refractivity contribution in [3.8, 4) is 22.4 Å². The number of H-pyrrole nitrogens is 1. The van der Waals surface area contributed by atoms with Gasteiger partial charge >= 0.3 is 0 Å². The Morgan fingerprint density at radius 1 is 1.04 bits per heavy atom. The first-order valence-corrected chi connectivity index (χ1v) is 9.49. The van der Waals surface area contributed by atoms with Crippen molar-refractivity contribution in [3.63, 3.8) is 0 Å². The molecule has 0 atom stereocenters. The summed E-state index contributed by atoms with van der Waals surface area (Å²) >= 11 is 5.92. The second-order valence-electron chi connectivity index (χ2n) is 5.49. The zero-order valence-corrected chi connectivity index (χ0v) is 14.7. The number of sulfone groups is 1. The maximum atomic E-state index is 11.7. The fraction of sp³-hybridized carbons (Fsp3) is 0.0588. The molecule has 1 aromatic heterocycles. The second-order valence-corrected chi connectivity index (χ2v) is 7.94. The molecule has 3 N–H and O–H groups in total. The second kappa shape index (κ2) is 6.34. The first-order valence-electron chi connectivity index (χ1n) is 7.22. The summed E-state index contributed by atoms with van der Waals surface area (Å²) < 4.78 is 23.2. The molecule has 3 aromatic rings. The molecule has 0 aliphatic rings. The molecule has 0 unspecified atom stereocenters. The van der Waals surface area contributed by atoms with Gasteiger partial charge < -0.3 is 5.73 Å². The van der Waals surface area contributed by atoms with Gasteiger partial charge in [0.25, 0.3) is 5.91 Å². The number of hydrogen-bond donors (Lipinski definition) is 2. The van der Waals surface area contributed by atoms with Crippen LogP contribution in [0.4, 0.5) is 0 Å². The first-order chi connectivity index (χ1) is 11.8. The number of nitrogens with zero attached hydrogens (tertiary/aromatic N) is 1. The monoisotopic (exact) mass is 375 g/mol. The third-order valence-corrected chi connectivity index (χ3v) is 5.08. The zero-order valence-electron chi connectivity index (χ0n) is 13.2. The Bertz CT molecular complexity index is 1040. The summed E-state index contributed by atoms with van der Waals surface area (Å²) in [6.07, 6.45) is 1.14. The SMILES string of the molecule is CS(=O)(=O)c1ccc(-c2n[nH]c(C(N)=O)c2-c2ccc(Cl)cc2)cc1. The van der Waals surface area contributed by atoms with E-state index in [4.69, 9.17) is 17.3 Å². The maximum Gasteiger partial charge on any atom is 0.267 e. The van der Waals surface area contributed by atoms with E-state index in [1.807, 2.05) is 0 Å². The van der Waals surface area contributed by atoms with E-state index in [1.165, 1.54) is 12.1 Å². The van der Waals surface area contributed by atoms with Gasteiger partial charge in [0, 0.05) is 22.4 Å². The minimum atomic E-state index is -3.29. The lowest BCUT2D eigenvalue weighted by molar-refractivity contribution is 0.0996. The van der Waals surface area contributed by atoms with E-state index in [0.717, 1.165) is 6.26 Å². The van der Waals surface area contributed by atoms with Crippen LogP contribution in [0.3, 0.4) is 0 Å². The Balaban J connectivity index is 2.17. The van der Waals surface area contributed by atoms with Gasteiger partial charge in [-0.05, 0) is 29.8 Å². The van der Waals surface area contributed by atoms with Crippen molar-refractivity contribution in [1.82, 2.24) is 10.2 Å². The van der Waals surface area contributed by atoms with Crippen LogP contribution in [0.25, 0.3) is 22.4 Å². The van der Waals surface area contributed by atoms with E-state index in [1.54, 1.807) is 36.4 Å². The topological polar surface area (TPSA) is 106 Å². The molecule has 0 spiro atoms. The molecule has 8 heteroatoms. The van der Waals surface area contributed by atoms with Gasteiger partial charge in [-0.3, -0.25) is 9.89 Å². The number of aromatic amines is 1. The zero-order chi connectivity index (χ0) is 18.2. The van der Waals surface area contributed by atoms with Gasteiger partial charge in [-0.1, -0.05) is 35.9 Å². The van der Waals surface area contributed by atoms with Gasteiger partial charge in [-0.15, -0.1) is 0 Å². The highest BCUT2D eigenvalue weighted by Gasteiger charge is 2.20. The Morgan fingerprint density at radius 3 is 2.12 bits per heavy atom. The number of benzene rings is 2. The molecule has 2 aromatic carbocycles. The van der Waals surface area contributed by atoms with Crippen molar-refractivity contribution < 1.29 is 13.2 Å². The summed E-state index contributed by atoms with van der Waals surface area (Å²) in [6, 6.07) is 13.2. The Kier molecular flexibility index (Phi) is 4.36. The molecule has 0 radical (unpaired) electrons. The summed E-state index contributed by atoms with van der Waals surface area (Å²) in [5.74, 6) is -0.642. The third kappa shape index (κ3) is 3.42. The van der Waals surface area contributed by atoms with E-state index in [0.29, 0.717) is 27.4 Å². The summed E-state index contributed by atoms with van der Waals surface area (Å²) in [5.41, 5.74) is 8.01. The Hall–Kier alpha value is -2.64. The maximum absolute atomic E-state index is 11.7. The fourth-order valence-corrected chi connectivity index (χ4v) is 3.24. The van der Waals surface area contributed by atoms with Crippen LogP contribution in [0.2, 0.25) is 5.02 Å². The van der Waals surface area contributed by atoms with Crippen LogP contribution < -0.4 is 5.73 Å². The molecule has 6 nitrogen and oxygen atoms in total. The van der Waals surface area contributed by atoms with Crippen LogP contribution in [0.1, 0.15) is 10.5 Å². The number of primary amides is 1. The first kappa shape index (κ1) is 17.2. The number of rotatable bonds is 4. The van der Waals surface area contributed by atoms with Crippen molar-refractivity contribution in [3.05, 3.63) is 59.2 Å². The number of hydrogen-bond acceptors (Lipinski definition) is 4. The van der Waals surface area contributed by atoms with E-state index in [2.05, 4.69) is 10.2 Å². The molecular weight excluding hydrogens is 362 g/mol. The molecular formula is C17H14ClN3O3S. The lowest BCUT2D eigenvalue weighted by Crippen LogP contribution is -2.12. The molecule has 0 aliphatic heterocycles. The van der Waals surface area contributed by atoms with Crippen LogP contribution in [0.15, 0.2) is 53.4 Å². The van der Waals surface area contributed by atoms with Crippen LogP contribution in [-0.2, 0) is 9.84 Å². The predicted molar refractivity (Wildman–Crippen MR) is 96.1 cm³/mol. The van der Waals surface area contributed by atoms with E-state index >= 15 is 0 Å². The van der Waals surface area contributed by atoms with Crippen molar-refractivity contribution in [2.75, 3.05) is 6.26 Å². The number of aromatic nitrogens is 2. The molecule has 0 saturated carbocycles. The highest BCUT2D eigenvalue weighted by Crippen LogP contribution is 2.34. The van der Waals surface area contributed by atoms with Crippen molar-refractivity contribution in [2.24, 2.45) is 5.73 Å². The molecule has 0 fully saturated rings. The highest BCUT2D eigenvalue weighted by molar-refractivity contribution is 7.90. The number of nitrogens with two attached hydrogens (primary N) is 1. The fourth-order valence-electron chi connectivity index (χ4n) is 2.49. The van der Waals surface area contributed by atoms with E-state index in [-0.39, 0.29) is 10.6 Å². The van der Waals surface area contributed by atoms with Gasteiger partial charge in [0.1, 0.15) is 11.4 Å². The largest absolute Gasteiger partial charge is 0.364 e. The molecule has 0 bridgehead atoms. The molecule has 25 heavy (non-hydrogen) atoms. The summed E-state index contributed by atoms with van der Waals surface area (Å²) in [7, 11) is -3.29.